The van der Waals surface area contributed by atoms with Crippen molar-refractivity contribution >= 4 is 29.1 Å². The van der Waals surface area contributed by atoms with Gasteiger partial charge in [-0.25, -0.2) is 19.0 Å². The highest BCUT2D eigenvalue weighted by atomic mass is 35.5. The molecule has 3 aromatic rings. The molecule has 4 heterocycles. The maximum Gasteiger partial charge on any atom is 0.159 e. The zero-order valence-corrected chi connectivity index (χ0v) is 19.7. The number of benzene rings is 1. The monoisotopic (exact) mass is 476 g/mol. The van der Waals surface area contributed by atoms with E-state index in [1.54, 1.807) is 0 Å². The fraction of sp³-hybridized carbons (Fsp3) is 0.522. The predicted octanol–water partition coefficient (Wildman–Crippen LogP) is 2.47. The number of hydrogen-bond donors (Lipinski definition) is 2. The third kappa shape index (κ3) is 4.68. The van der Waals surface area contributed by atoms with Gasteiger partial charge in [-0.2, -0.15) is 5.10 Å². The molecule has 2 atom stereocenters. The molecule has 0 unspecified atom stereocenters. The first-order chi connectivity index (χ1) is 15.5. The molecule has 10 heteroatoms. The number of aliphatic hydroxyl groups excluding tert-OH is 1. The van der Waals surface area contributed by atoms with Crippen molar-refractivity contribution in [2.45, 2.75) is 38.5 Å². The first-order valence-corrected chi connectivity index (χ1v) is 11.2. The summed E-state index contributed by atoms with van der Waals surface area (Å²) >= 11 is 0. The Labute approximate surface area is 198 Å². The van der Waals surface area contributed by atoms with Gasteiger partial charge in [0.1, 0.15) is 17.8 Å². The van der Waals surface area contributed by atoms with Crippen LogP contribution >= 0.6 is 12.4 Å². The summed E-state index contributed by atoms with van der Waals surface area (Å²) in [7, 11) is 0. The van der Waals surface area contributed by atoms with Crippen LogP contribution < -0.4 is 10.2 Å². The number of rotatable bonds is 6. The molecule has 0 saturated carbocycles. The van der Waals surface area contributed by atoms with Gasteiger partial charge in [0.05, 0.1) is 31.0 Å². The normalized spacial score (nSPS) is 21.2. The molecule has 0 aliphatic carbocycles. The number of aryl methyl sites for hydroxylation is 2. The van der Waals surface area contributed by atoms with Gasteiger partial charge in [-0.05, 0) is 50.1 Å². The Balaban J connectivity index is 0.00000259. The molecule has 2 aromatic heterocycles. The molecule has 5 rings (SSSR count). The number of nitrogens with zero attached hydrogens (tertiary/aromatic N) is 5. The fourth-order valence-corrected chi connectivity index (χ4v) is 4.71. The number of aliphatic hydroxyl groups is 1. The lowest BCUT2D eigenvalue weighted by atomic mass is 9.85. The molecule has 1 aromatic carbocycles. The number of halogens is 2. The maximum atomic E-state index is 14.7. The number of anilines is 1. The van der Waals surface area contributed by atoms with Crippen LogP contribution in [0.4, 0.5) is 10.2 Å². The third-order valence-electron chi connectivity index (χ3n) is 6.41. The van der Waals surface area contributed by atoms with E-state index >= 15 is 0 Å². The SMILES string of the molecule is Cc1nc(N2CC(OCCO)C2)cc(-n2ncc3cc(C)c([C@H]4CCNC[C@H]4F)cc32)n1.Cl. The molecule has 0 amide bonds. The minimum atomic E-state index is -0.892. The van der Waals surface area contributed by atoms with Crippen LogP contribution in [-0.2, 0) is 4.74 Å². The number of hydrogen-bond acceptors (Lipinski definition) is 7. The Bertz CT molecular complexity index is 1120. The number of fused-ring (bicyclic) bond motifs is 1. The molecular formula is C23H30ClFN6O2. The summed E-state index contributed by atoms with van der Waals surface area (Å²) in [5, 5.41) is 17.7. The van der Waals surface area contributed by atoms with E-state index < -0.39 is 6.17 Å². The smallest absolute Gasteiger partial charge is 0.159 e. The number of ether oxygens (including phenoxy) is 1. The Morgan fingerprint density at radius 1 is 1.18 bits per heavy atom. The van der Waals surface area contributed by atoms with Gasteiger partial charge in [0.25, 0.3) is 0 Å². The van der Waals surface area contributed by atoms with Crippen LogP contribution in [0.15, 0.2) is 24.4 Å². The van der Waals surface area contributed by atoms with Gasteiger partial charge in [0.15, 0.2) is 5.82 Å². The summed E-state index contributed by atoms with van der Waals surface area (Å²) < 4.78 is 22.1. The van der Waals surface area contributed by atoms with E-state index in [1.807, 2.05) is 30.8 Å². The van der Waals surface area contributed by atoms with Crippen LogP contribution in [0.3, 0.4) is 0 Å². The quantitative estimate of drug-likeness (QED) is 0.565. The van der Waals surface area contributed by atoms with Gasteiger partial charge in [0, 0.05) is 37.0 Å². The molecule has 8 nitrogen and oxygen atoms in total. The molecule has 0 spiro atoms. The summed E-state index contributed by atoms with van der Waals surface area (Å²) in [6, 6.07) is 6.11. The average Bonchev–Trinajstić information content (AvgIpc) is 3.15. The van der Waals surface area contributed by atoms with Crippen LogP contribution in [0.25, 0.3) is 16.7 Å². The van der Waals surface area contributed by atoms with Gasteiger partial charge in [-0.1, -0.05) is 0 Å². The number of alkyl halides is 1. The second kappa shape index (κ2) is 9.89. The Morgan fingerprint density at radius 3 is 2.73 bits per heavy atom. The van der Waals surface area contributed by atoms with Crippen LogP contribution in [0.1, 0.15) is 29.3 Å². The molecule has 2 aliphatic heterocycles. The summed E-state index contributed by atoms with van der Waals surface area (Å²) in [6.07, 6.45) is 1.83. The minimum Gasteiger partial charge on any atom is -0.394 e. The number of piperidine rings is 1. The highest BCUT2D eigenvalue weighted by Gasteiger charge is 2.30. The second-order valence-electron chi connectivity index (χ2n) is 8.69. The van der Waals surface area contributed by atoms with E-state index in [0.717, 1.165) is 53.9 Å². The fourth-order valence-electron chi connectivity index (χ4n) is 4.71. The van der Waals surface area contributed by atoms with E-state index in [1.165, 1.54) is 0 Å². The lowest BCUT2D eigenvalue weighted by Crippen LogP contribution is -2.53. The van der Waals surface area contributed by atoms with Gasteiger partial charge in [0.2, 0.25) is 0 Å². The van der Waals surface area contributed by atoms with Gasteiger partial charge in [-0.3, -0.25) is 0 Å². The van der Waals surface area contributed by atoms with E-state index in [2.05, 4.69) is 37.4 Å². The summed E-state index contributed by atoms with van der Waals surface area (Å²) in [4.78, 5) is 11.3. The van der Waals surface area contributed by atoms with Crippen LogP contribution in [0.5, 0.6) is 0 Å². The molecule has 2 N–H and O–H groups in total. The predicted molar refractivity (Wildman–Crippen MR) is 128 cm³/mol. The largest absolute Gasteiger partial charge is 0.394 e. The Hall–Kier alpha value is -2.33. The first-order valence-electron chi connectivity index (χ1n) is 11.2. The molecular weight excluding hydrogens is 447 g/mol. The zero-order valence-electron chi connectivity index (χ0n) is 18.9. The lowest BCUT2D eigenvalue weighted by molar-refractivity contribution is 0.0132. The van der Waals surface area contributed by atoms with E-state index in [9.17, 15) is 4.39 Å². The van der Waals surface area contributed by atoms with Gasteiger partial charge < -0.3 is 20.1 Å². The van der Waals surface area contributed by atoms with Gasteiger partial charge in [-0.15, -0.1) is 12.4 Å². The van der Waals surface area contributed by atoms with Crippen LogP contribution in [-0.4, -0.2) is 76.5 Å². The average molecular weight is 477 g/mol. The topological polar surface area (TPSA) is 88.3 Å². The molecule has 0 radical (unpaired) electrons. The van der Waals surface area contributed by atoms with E-state index in [4.69, 9.17) is 9.84 Å². The van der Waals surface area contributed by atoms with Crippen molar-refractivity contribution in [2.24, 2.45) is 0 Å². The van der Waals surface area contributed by atoms with E-state index in [-0.39, 0.29) is 31.0 Å². The van der Waals surface area contributed by atoms with Crippen LogP contribution in [0, 0.1) is 13.8 Å². The molecule has 2 aliphatic rings. The van der Waals surface area contributed by atoms with Crippen molar-refractivity contribution in [3.63, 3.8) is 0 Å². The Morgan fingerprint density at radius 2 is 1.97 bits per heavy atom. The summed E-state index contributed by atoms with van der Waals surface area (Å²) in [5.74, 6) is 2.08. The van der Waals surface area contributed by atoms with Gasteiger partial charge >= 0.3 is 0 Å². The number of nitrogens with one attached hydrogen (secondary N) is 1. The van der Waals surface area contributed by atoms with Crippen molar-refractivity contribution in [3.8, 4) is 5.82 Å². The third-order valence-corrected chi connectivity index (χ3v) is 6.41. The first kappa shape index (κ1) is 23.8. The van der Waals surface area contributed by atoms with Crippen LogP contribution in [0.2, 0.25) is 0 Å². The summed E-state index contributed by atoms with van der Waals surface area (Å²) in [6.45, 7) is 6.98. The zero-order chi connectivity index (χ0) is 22.2. The van der Waals surface area contributed by atoms with Crippen molar-refractivity contribution in [1.82, 2.24) is 25.1 Å². The molecule has 2 saturated heterocycles. The Kier molecular flexibility index (Phi) is 7.13. The molecule has 0 bridgehead atoms. The highest BCUT2D eigenvalue weighted by Crippen LogP contribution is 2.33. The van der Waals surface area contributed by atoms with E-state index in [0.29, 0.717) is 24.8 Å². The number of aromatic nitrogens is 4. The molecule has 33 heavy (non-hydrogen) atoms. The van der Waals surface area contributed by atoms with Crippen molar-refractivity contribution in [1.29, 1.82) is 0 Å². The molecule has 178 valence electrons. The highest BCUT2D eigenvalue weighted by molar-refractivity contribution is 5.85. The minimum absolute atomic E-state index is 0. The van der Waals surface area contributed by atoms with Crippen molar-refractivity contribution < 1.29 is 14.2 Å². The van der Waals surface area contributed by atoms with Crippen molar-refractivity contribution in [2.75, 3.05) is 44.3 Å². The lowest BCUT2D eigenvalue weighted by Gasteiger charge is -2.39. The summed E-state index contributed by atoms with van der Waals surface area (Å²) in [5.41, 5.74) is 3.07. The van der Waals surface area contributed by atoms with Crippen molar-refractivity contribution in [3.05, 3.63) is 41.3 Å². The second-order valence-corrected chi connectivity index (χ2v) is 8.69. The standard InChI is InChI=1S/C23H29FN6O2.ClH/c1-14-7-16-10-26-30(21(16)8-19(14)18-3-4-25-11-20(18)24)23-9-22(27-15(2)28-23)29-12-17(13-29)32-6-5-31;/h7-10,17-18,20,25,31H,3-6,11-13H2,1-2H3;1H/t18-,20-;/m1./s1. The maximum absolute atomic E-state index is 14.7. The molecule has 2 fully saturated rings.